The van der Waals surface area contributed by atoms with Gasteiger partial charge in [0.15, 0.2) is 0 Å². The Morgan fingerprint density at radius 2 is 2.18 bits per heavy atom. The second kappa shape index (κ2) is 5.27. The Morgan fingerprint density at radius 3 is 2.82 bits per heavy atom. The van der Waals surface area contributed by atoms with Crippen molar-refractivity contribution in [2.45, 2.75) is 25.3 Å². The zero-order valence-corrected chi connectivity index (χ0v) is 9.95. The van der Waals surface area contributed by atoms with Gasteiger partial charge in [0.2, 0.25) is 5.91 Å². The summed E-state index contributed by atoms with van der Waals surface area (Å²) in [6.07, 6.45) is 2.99. The van der Waals surface area contributed by atoms with Crippen molar-refractivity contribution in [2.24, 2.45) is 0 Å². The molecule has 92 valence electrons. The van der Waals surface area contributed by atoms with Crippen molar-refractivity contribution in [2.75, 3.05) is 18.5 Å². The Hall–Kier alpha value is -1.42. The Kier molecular flexibility index (Phi) is 3.74. The summed E-state index contributed by atoms with van der Waals surface area (Å²) in [7, 11) is 1.62. The minimum absolute atomic E-state index is 0.0604. The van der Waals surface area contributed by atoms with Crippen LogP contribution in [0.5, 0.6) is 0 Å². The number of halogens is 1. The molecule has 1 atom stereocenters. The molecule has 0 radical (unpaired) electrons. The summed E-state index contributed by atoms with van der Waals surface area (Å²) in [4.78, 5) is 13.5. The highest BCUT2D eigenvalue weighted by Crippen LogP contribution is 2.19. The maximum atomic E-state index is 13.6. The molecular formula is C13H17FN2O. The number of nitrogens with one attached hydrogen (secondary N) is 1. The topological polar surface area (TPSA) is 32.3 Å². The molecule has 1 N–H and O–H groups in total. The van der Waals surface area contributed by atoms with Crippen molar-refractivity contribution < 1.29 is 9.18 Å². The lowest BCUT2D eigenvalue weighted by Crippen LogP contribution is -2.47. The second-order valence-electron chi connectivity index (χ2n) is 4.35. The zero-order chi connectivity index (χ0) is 12.3. The molecule has 0 saturated carbocycles. The molecule has 1 aliphatic rings. The molecule has 1 amide bonds. The molecule has 17 heavy (non-hydrogen) atoms. The minimum Gasteiger partial charge on any atom is -0.311 e. The van der Waals surface area contributed by atoms with Gasteiger partial charge in [-0.3, -0.25) is 4.79 Å². The van der Waals surface area contributed by atoms with Crippen LogP contribution >= 0.6 is 0 Å². The van der Waals surface area contributed by atoms with Crippen molar-refractivity contribution in [1.29, 1.82) is 0 Å². The van der Waals surface area contributed by atoms with Crippen LogP contribution in [0.4, 0.5) is 10.1 Å². The molecule has 1 saturated heterocycles. The molecule has 2 rings (SSSR count). The van der Waals surface area contributed by atoms with E-state index in [1.165, 1.54) is 11.0 Å². The number of piperidine rings is 1. The van der Waals surface area contributed by atoms with E-state index in [0.717, 1.165) is 25.8 Å². The molecule has 1 aromatic rings. The number of anilines is 1. The van der Waals surface area contributed by atoms with Gasteiger partial charge in [0.05, 0.1) is 11.7 Å². The number of benzene rings is 1. The van der Waals surface area contributed by atoms with Gasteiger partial charge >= 0.3 is 0 Å². The third-order valence-electron chi connectivity index (χ3n) is 3.15. The first kappa shape index (κ1) is 12.0. The summed E-state index contributed by atoms with van der Waals surface area (Å²) in [6, 6.07) is 6.17. The van der Waals surface area contributed by atoms with E-state index in [4.69, 9.17) is 0 Å². The fourth-order valence-electron chi connectivity index (χ4n) is 2.14. The van der Waals surface area contributed by atoms with E-state index in [1.807, 2.05) is 0 Å². The van der Waals surface area contributed by atoms with E-state index >= 15 is 0 Å². The maximum Gasteiger partial charge on any atom is 0.243 e. The molecule has 0 aromatic heterocycles. The monoisotopic (exact) mass is 236 g/mol. The number of carbonyl (C=O) groups excluding carboxylic acids is 1. The number of amides is 1. The van der Waals surface area contributed by atoms with Crippen molar-refractivity contribution in [3.63, 3.8) is 0 Å². The number of carbonyl (C=O) groups is 1. The van der Waals surface area contributed by atoms with Crippen LogP contribution in [0.25, 0.3) is 0 Å². The first-order valence-electron chi connectivity index (χ1n) is 5.95. The number of hydrogen-bond acceptors (Lipinski definition) is 2. The fraction of sp³-hybridized carbons (Fsp3) is 0.462. The molecule has 0 bridgehead atoms. The van der Waals surface area contributed by atoms with E-state index in [1.54, 1.807) is 25.2 Å². The third-order valence-corrected chi connectivity index (χ3v) is 3.15. The standard InChI is InChI=1S/C13H17FN2O/c1-16(12-8-3-2-6-10(12)14)13(17)11-7-4-5-9-15-11/h2-3,6,8,11,15H,4-5,7,9H2,1H3. The molecule has 0 aliphatic carbocycles. The van der Waals surface area contributed by atoms with Gasteiger partial charge in [-0.05, 0) is 31.5 Å². The summed E-state index contributed by atoms with van der Waals surface area (Å²) in [6.45, 7) is 0.863. The van der Waals surface area contributed by atoms with Gasteiger partial charge in [0, 0.05) is 7.05 Å². The molecule has 4 heteroatoms. The number of para-hydroxylation sites is 1. The lowest BCUT2D eigenvalue weighted by molar-refractivity contribution is -0.120. The van der Waals surface area contributed by atoms with E-state index < -0.39 is 0 Å². The lowest BCUT2D eigenvalue weighted by Gasteiger charge is -2.27. The summed E-state index contributed by atoms with van der Waals surface area (Å²) in [5.41, 5.74) is 0.338. The van der Waals surface area contributed by atoms with Crippen LogP contribution in [-0.2, 0) is 4.79 Å². The normalized spacial score (nSPS) is 20.0. The van der Waals surface area contributed by atoms with Crippen LogP contribution in [0.1, 0.15) is 19.3 Å². The van der Waals surface area contributed by atoms with Gasteiger partial charge in [0.25, 0.3) is 0 Å². The van der Waals surface area contributed by atoms with Crippen LogP contribution in [0.3, 0.4) is 0 Å². The van der Waals surface area contributed by atoms with Crippen molar-refractivity contribution in [3.8, 4) is 0 Å². The molecule has 0 spiro atoms. The SMILES string of the molecule is CN(C(=O)C1CCCCN1)c1ccccc1F. The molecule has 1 heterocycles. The summed E-state index contributed by atoms with van der Waals surface area (Å²) >= 11 is 0. The highest BCUT2D eigenvalue weighted by molar-refractivity contribution is 5.96. The van der Waals surface area contributed by atoms with E-state index in [0.29, 0.717) is 5.69 Å². The van der Waals surface area contributed by atoms with Crippen LogP contribution in [0, 0.1) is 5.82 Å². The Balaban J connectivity index is 2.11. The molecule has 1 aliphatic heterocycles. The van der Waals surface area contributed by atoms with Crippen LogP contribution < -0.4 is 10.2 Å². The molecule has 1 unspecified atom stereocenters. The van der Waals surface area contributed by atoms with Gasteiger partial charge in [-0.2, -0.15) is 0 Å². The summed E-state index contributed by atoms with van der Waals surface area (Å²) in [5.74, 6) is -0.422. The lowest BCUT2D eigenvalue weighted by atomic mass is 10.0. The Labute approximate surface area is 101 Å². The first-order valence-corrected chi connectivity index (χ1v) is 5.95. The zero-order valence-electron chi connectivity index (χ0n) is 9.95. The fourth-order valence-corrected chi connectivity index (χ4v) is 2.14. The quantitative estimate of drug-likeness (QED) is 0.851. The molecule has 1 fully saturated rings. The average Bonchev–Trinajstić information content (AvgIpc) is 2.39. The Morgan fingerprint density at radius 1 is 1.41 bits per heavy atom. The average molecular weight is 236 g/mol. The van der Waals surface area contributed by atoms with E-state index in [-0.39, 0.29) is 17.8 Å². The van der Waals surface area contributed by atoms with Crippen molar-refractivity contribution in [1.82, 2.24) is 5.32 Å². The largest absolute Gasteiger partial charge is 0.311 e. The van der Waals surface area contributed by atoms with Gasteiger partial charge in [-0.25, -0.2) is 4.39 Å². The minimum atomic E-state index is -0.362. The van der Waals surface area contributed by atoms with Crippen LogP contribution in [0.2, 0.25) is 0 Å². The van der Waals surface area contributed by atoms with Gasteiger partial charge < -0.3 is 10.2 Å². The molecule has 3 nitrogen and oxygen atoms in total. The Bertz CT molecular complexity index is 402. The summed E-state index contributed by atoms with van der Waals surface area (Å²) < 4.78 is 13.6. The highest BCUT2D eigenvalue weighted by atomic mass is 19.1. The van der Waals surface area contributed by atoms with Gasteiger partial charge in [-0.15, -0.1) is 0 Å². The summed E-state index contributed by atoms with van der Waals surface area (Å²) in [5, 5.41) is 3.18. The highest BCUT2D eigenvalue weighted by Gasteiger charge is 2.25. The number of hydrogen-bond donors (Lipinski definition) is 1. The number of likely N-dealkylation sites (N-methyl/N-ethyl adjacent to an activating group) is 1. The van der Waals surface area contributed by atoms with Crippen molar-refractivity contribution in [3.05, 3.63) is 30.1 Å². The van der Waals surface area contributed by atoms with Crippen LogP contribution in [-0.4, -0.2) is 25.5 Å². The first-order chi connectivity index (χ1) is 8.20. The predicted octanol–water partition coefficient (Wildman–Crippen LogP) is 1.93. The van der Waals surface area contributed by atoms with Crippen LogP contribution in [0.15, 0.2) is 24.3 Å². The predicted molar refractivity (Wildman–Crippen MR) is 65.5 cm³/mol. The van der Waals surface area contributed by atoms with E-state index in [9.17, 15) is 9.18 Å². The number of nitrogens with zero attached hydrogens (tertiary/aromatic N) is 1. The third kappa shape index (κ3) is 2.64. The second-order valence-corrected chi connectivity index (χ2v) is 4.35. The van der Waals surface area contributed by atoms with Gasteiger partial charge in [0.1, 0.15) is 5.82 Å². The maximum absolute atomic E-state index is 13.6. The van der Waals surface area contributed by atoms with Gasteiger partial charge in [-0.1, -0.05) is 18.6 Å². The van der Waals surface area contributed by atoms with E-state index in [2.05, 4.69) is 5.32 Å². The molecule has 1 aromatic carbocycles. The number of rotatable bonds is 2. The molecular weight excluding hydrogens is 219 g/mol. The van der Waals surface area contributed by atoms with Crippen molar-refractivity contribution >= 4 is 11.6 Å². The smallest absolute Gasteiger partial charge is 0.243 e.